The number of hydrogen-bond donors (Lipinski definition) is 1. The Morgan fingerprint density at radius 2 is 2.14 bits per heavy atom. The molecule has 0 saturated heterocycles. The van der Waals surface area contributed by atoms with E-state index in [0.717, 1.165) is 18.8 Å². The molecule has 0 aliphatic rings. The SMILES string of the molecule is CCc1ccsc1C(N)CC(C)CC. The molecular weight excluding hydrogens is 190 g/mol. The largest absolute Gasteiger partial charge is 0.323 e. The maximum Gasteiger partial charge on any atom is 0.0395 e. The summed E-state index contributed by atoms with van der Waals surface area (Å²) in [5.41, 5.74) is 7.64. The van der Waals surface area contributed by atoms with E-state index < -0.39 is 0 Å². The molecule has 1 rings (SSSR count). The van der Waals surface area contributed by atoms with E-state index >= 15 is 0 Å². The Morgan fingerprint density at radius 3 is 2.71 bits per heavy atom. The number of thiophene rings is 1. The molecule has 0 aromatic carbocycles. The minimum Gasteiger partial charge on any atom is -0.323 e. The van der Waals surface area contributed by atoms with Gasteiger partial charge >= 0.3 is 0 Å². The molecule has 2 heteroatoms. The van der Waals surface area contributed by atoms with Crippen LogP contribution in [0.5, 0.6) is 0 Å². The van der Waals surface area contributed by atoms with Crippen molar-refractivity contribution in [3.05, 3.63) is 21.9 Å². The van der Waals surface area contributed by atoms with Crippen molar-refractivity contribution < 1.29 is 0 Å². The first-order valence-corrected chi connectivity index (χ1v) is 6.38. The van der Waals surface area contributed by atoms with E-state index in [1.165, 1.54) is 16.9 Å². The first-order valence-electron chi connectivity index (χ1n) is 5.50. The second-order valence-corrected chi connectivity index (χ2v) is 4.97. The van der Waals surface area contributed by atoms with E-state index in [1.807, 2.05) is 11.3 Å². The van der Waals surface area contributed by atoms with Crippen molar-refractivity contribution in [3.63, 3.8) is 0 Å². The van der Waals surface area contributed by atoms with Gasteiger partial charge in [-0.1, -0.05) is 27.2 Å². The van der Waals surface area contributed by atoms with E-state index in [0.29, 0.717) is 0 Å². The van der Waals surface area contributed by atoms with Crippen LogP contribution in [0.4, 0.5) is 0 Å². The number of rotatable bonds is 5. The maximum atomic E-state index is 6.20. The normalized spacial score (nSPS) is 15.4. The van der Waals surface area contributed by atoms with Crippen LogP contribution in [-0.2, 0) is 6.42 Å². The van der Waals surface area contributed by atoms with Gasteiger partial charge < -0.3 is 5.73 Å². The molecule has 1 heterocycles. The number of nitrogens with two attached hydrogens (primary N) is 1. The molecule has 0 radical (unpaired) electrons. The van der Waals surface area contributed by atoms with Crippen LogP contribution in [0, 0.1) is 5.92 Å². The van der Waals surface area contributed by atoms with Crippen LogP contribution in [0.25, 0.3) is 0 Å². The zero-order chi connectivity index (χ0) is 10.6. The first-order chi connectivity index (χ1) is 6.69. The third-order valence-corrected chi connectivity index (χ3v) is 3.94. The molecule has 2 unspecified atom stereocenters. The molecule has 14 heavy (non-hydrogen) atoms. The Labute approximate surface area is 91.3 Å². The highest BCUT2D eigenvalue weighted by Gasteiger charge is 2.13. The lowest BCUT2D eigenvalue weighted by Gasteiger charge is -2.16. The summed E-state index contributed by atoms with van der Waals surface area (Å²) in [6.45, 7) is 6.70. The topological polar surface area (TPSA) is 26.0 Å². The second kappa shape index (κ2) is 5.52. The van der Waals surface area contributed by atoms with E-state index in [-0.39, 0.29) is 6.04 Å². The van der Waals surface area contributed by atoms with E-state index in [1.54, 1.807) is 0 Å². The average molecular weight is 211 g/mol. The van der Waals surface area contributed by atoms with Crippen LogP contribution in [0.15, 0.2) is 11.4 Å². The fourth-order valence-corrected chi connectivity index (χ4v) is 2.69. The molecular formula is C12H21NS. The predicted octanol–water partition coefficient (Wildman–Crippen LogP) is 3.75. The van der Waals surface area contributed by atoms with Crippen molar-refractivity contribution >= 4 is 11.3 Å². The van der Waals surface area contributed by atoms with Gasteiger partial charge in [0.15, 0.2) is 0 Å². The van der Waals surface area contributed by atoms with Crippen molar-refractivity contribution in [2.45, 2.75) is 46.1 Å². The third kappa shape index (κ3) is 2.82. The molecule has 0 amide bonds. The fourth-order valence-electron chi connectivity index (χ4n) is 1.67. The van der Waals surface area contributed by atoms with Gasteiger partial charge in [0.2, 0.25) is 0 Å². The van der Waals surface area contributed by atoms with E-state index in [9.17, 15) is 0 Å². The Morgan fingerprint density at radius 1 is 1.43 bits per heavy atom. The van der Waals surface area contributed by atoms with Gasteiger partial charge in [-0.25, -0.2) is 0 Å². The van der Waals surface area contributed by atoms with Crippen molar-refractivity contribution in [2.75, 3.05) is 0 Å². The zero-order valence-electron chi connectivity index (χ0n) is 9.42. The standard InChI is InChI=1S/C12H21NS/c1-4-9(3)8-11(13)12-10(5-2)6-7-14-12/h6-7,9,11H,4-5,8,13H2,1-3H3. The molecule has 0 aliphatic carbocycles. The summed E-state index contributed by atoms with van der Waals surface area (Å²) < 4.78 is 0. The van der Waals surface area contributed by atoms with Gasteiger partial charge in [0.1, 0.15) is 0 Å². The van der Waals surface area contributed by atoms with Crippen LogP contribution in [-0.4, -0.2) is 0 Å². The molecule has 0 bridgehead atoms. The molecule has 0 saturated carbocycles. The van der Waals surface area contributed by atoms with Crippen LogP contribution in [0.2, 0.25) is 0 Å². The predicted molar refractivity (Wildman–Crippen MR) is 64.7 cm³/mol. The summed E-state index contributed by atoms with van der Waals surface area (Å²) in [6.07, 6.45) is 3.44. The second-order valence-electron chi connectivity index (χ2n) is 4.02. The quantitative estimate of drug-likeness (QED) is 0.788. The molecule has 2 atom stereocenters. The molecule has 0 aliphatic heterocycles. The first kappa shape index (κ1) is 11.7. The van der Waals surface area contributed by atoms with E-state index in [2.05, 4.69) is 32.2 Å². The lowest BCUT2D eigenvalue weighted by molar-refractivity contribution is 0.463. The van der Waals surface area contributed by atoms with Gasteiger partial charge in [0.05, 0.1) is 0 Å². The van der Waals surface area contributed by atoms with Crippen LogP contribution in [0.1, 0.15) is 50.1 Å². The fraction of sp³-hybridized carbons (Fsp3) is 0.667. The van der Waals surface area contributed by atoms with Gasteiger partial charge in [-0.05, 0) is 35.8 Å². The Balaban J connectivity index is 2.64. The molecule has 2 N–H and O–H groups in total. The number of hydrogen-bond acceptors (Lipinski definition) is 2. The highest BCUT2D eigenvalue weighted by Crippen LogP contribution is 2.28. The lowest BCUT2D eigenvalue weighted by atomic mass is 9.97. The lowest BCUT2D eigenvalue weighted by Crippen LogP contribution is -2.13. The zero-order valence-corrected chi connectivity index (χ0v) is 10.2. The van der Waals surface area contributed by atoms with Crippen molar-refractivity contribution in [1.82, 2.24) is 0 Å². The highest BCUT2D eigenvalue weighted by atomic mass is 32.1. The van der Waals surface area contributed by atoms with Gasteiger partial charge in [0.25, 0.3) is 0 Å². The monoisotopic (exact) mass is 211 g/mol. The molecule has 1 aromatic heterocycles. The molecule has 1 aromatic rings. The number of aryl methyl sites for hydroxylation is 1. The molecule has 80 valence electrons. The summed E-state index contributed by atoms with van der Waals surface area (Å²) >= 11 is 1.81. The summed E-state index contributed by atoms with van der Waals surface area (Å²) in [5.74, 6) is 0.733. The van der Waals surface area contributed by atoms with Crippen molar-refractivity contribution in [2.24, 2.45) is 11.7 Å². The van der Waals surface area contributed by atoms with Crippen LogP contribution in [0.3, 0.4) is 0 Å². The van der Waals surface area contributed by atoms with E-state index in [4.69, 9.17) is 5.73 Å². The highest BCUT2D eigenvalue weighted by molar-refractivity contribution is 7.10. The summed E-state index contributed by atoms with van der Waals surface area (Å²) in [6, 6.07) is 2.45. The van der Waals surface area contributed by atoms with Gasteiger partial charge in [-0.3, -0.25) is 0 Å². The average Bonchev–Trinajstić information content (AvgIpc) is 2.65. The summed E-state index contributed by atoms with van der Waals surface area (Å²) in [4.78, 5) is 1.40. The third-order valence-electron chi connectivity index (χ3n) is 2.85. The Bertz CT molecular complexity index is 267. The smallest absolute Gasteiger partial charge is 0.0395 e. The Kier molecular flexibility index (Phi) is 4.63. The van der Waals surface area contributed by atoms with Crippen LogP contribution < -0.4 is 5.73 Å². The maximum absolute atomic E-state index is 6.20. The minimum atomic E-state index is 0.250. The molecule has 1 nitrogen and oxygen atoms in total. The van der Waals surface area contributed by atoms with Gasteiger partial charge in [0, 0.05) is 10.9 Å². The van der Waals surface area contributed by atoms with Gasteiger partial charge in [-0.15, -0.1) is 11.3 Å². The summed E-state index contributed by atoms with van der Waals surface area (Å²) in [5, 5.41) is 2.16. The van der Waals surface area contributed by atoms with Crippen molar-refractivity contribution in [1.29, 1.82) is 0 Å². The molecule has 0 fully saturated rings. The summed E-state index contributed by atoms with van der Waals surface area (Å²) in [7, 11) is 0. The van der Waals surface area contributed by atoms with Gasteiger partial charge in [-0.2, -0.15) is 0 Å². The van der Waals surface area contributed by atoms with Crippen molar-refractivity contribution in [3.8, 4) is 0 Å². The Hall–Kier alpha value is -0.340. The van der Waals surface area contributed by atoms with Crippen LogP contribution >= 0.6 is 11.3 Å². The molecule has 0 spiro atoms. The minimum absolute atomic E-state index is 0.250.